The van der Waals surface area contributed by atoms with Gasteiger partial charge in [0.05, 0.1) is 5.38 Å². The molecule has 6 heteroatoms. The van der Waals surface area contributed by atoms with Crippen LogP contribution < -0.4 is 0 Å². The minimum atomic E-state index is -1.74. The SMILES string of the molecule is CC(Cl)C(=O)c1cccc(CBr)c1C(O)C(=O)O. The topological polar surface area (TPSA) is 74.6 Å². The van der Waals surface area contributed by atoms with E-state index in [1.165, 1.54) is 13.0 Å². The third kappa shape index (κ3) is 3.10. The zero-order valence-corrected chi connectivity index (χ0v) is 11.9. The first kappa shape index (κ1) is 15.1. The Balaban J connectivity index is 3.42. The van der Waals surface area contributed by atoms with Gasteiger partial charge in [0.15, 0.2) is 11.9 Å². The van der Waals surface area contributed by atoms with E-state index in [0.717, 1.165) is 0 Å². The van der Waals surface area contributed by atoms with Gasteiger partial charge < -0.3 is 10.2 Å². The van der Waals surface area contributed by atoms with Gasteiger partial charge in [-0.05, 0) is 12.5 Å². The maximum absolute atomic E-state index is 11.9. The highest BCUT2D eigenvalue weighted by atomic mass is 79.9. The van der Waals surface area contributed by atoms with Gasteiger partial charge in [0, 0.05) is 16.5 Å². The van der Waals surface area contributed by atoms with E-state index in [-0.39, 0.29) is 11.1 Å². The number of alkyl halides is 2. The molecule has 0 aliphatic heterocycles. The molecule has 0 aromatic heterocycles. The Bertz CT molecular complexity index is 473. The molecule has 1 aromatic rings. The molecular formula is C12H12BrClO4. The highest BCUT2D eigenvalue weighted by Gasteiger charge is 2.26. The van der Waals surface area contributed by atoms with E-state index in [2.05, 4.69) is 15.9 Å². The molecule has 4 nitrogen and oxygen atoms in total. The van der Waals surface area contributed by atoms with Crippen molar-refractivity contribution in [3.63, 3.8) is 0 Å². The number of benzene rings is 1. The number of aliphatic carboxylic acids is 1. The molecule has 1 rings (SSSR count). The first-order valence-electron chi connectivity index (χ1n) is 5.17. The minimum absolute atomic E-state index is 0.0966. The van der Waals surface area contributed by atoms with Crippen LogP contribution in [0.5, 0.6) is 0 Å². The normalized spacial score (nSPS) is 14.0. The molecule has 2 N–H and O–H groups in total. The number of carbonyl (C=O) groups excluding carboxylic acids is 1. The van der Waals surface area contributed by atoms with Crippen molar-refractivity contribution in [3.8, 4) is 0 Å². The molecule has 2 unspecified atom stereocenters. The number of carboxylic acids is 1. The molecule has 0 bridgehead atoms. The molecule has 0 saturated heterocycles. The molecule has 0 saturated carbocycles. The molecule has 1 aromatic carbocycles. The summed E-state index contributed by atoms with van der Waals surface area (Å²) in [5.41, 5.74) is 0.789. The second-order valence-electron chi connectivity index (χ2n) is 3.73. The van der Waals surface area contributed by atoms with Gasteiger partial charge in [0.2, 0.25) is 0 Å². The lowest BCUT2D eigenvalue weighted by atomic mass is 9.93. The first-order valence-corrected chi connectivity index (χ1v) is 6.72. The standard InChI is InChI=1S/C12H12BrClO4/c1-6(14)10(15)8-4-2-3-7(5-13)9(8)11(16)12(17)18/h2-4,6,11,16H,5H2,1H3,(H,17,18). The molecule has 2 atom stereocenters. The number of carbonyl (C=O) groups is 2. The van der Waals surface area contributed by atoms with E-state index in [0.29, 0.717) is 10.9 Å². The van der Waals surface area contributed by atoms with Crippen molar-refractivity contribution in [1.82, 2.24) is 0 Å². The number of aliphatic hydroxyl groups is 1. The molecule has 0 amide bonds. The molecular weight excluding hydrogens is 323 g/mol. The summed E-state index contributed by atoms with van der Waals surface area (Å²) in [6, 6.07) is 4.74. The average molecular weight is 336 g/mol. The number of hydrogen-bond acceptors (Lipinski definition) is 3. The van der Waals surface area contributed by atoms with E-state index in [9.17, 15) is 14.7 Å². The molecule has 98 valence electrons. The van der Waals surface area contributed by atoms with Crippen LogP contribution in [0, 0.1) is 0 Å². The molecule has 0 radical (unpaired) electrons. The summed E-state index contributed by atoms with van der Waals surface area (Å²) in [5.74, 6) is -1.81. The van der Waals surface area contributed by atoms with Crippen LogP contribution in [0.1, 0.15) is 34.5 Å². The number of Topliss-reactive ketones (excluding diaryl/α,β-unsaturated/α-hetero) is 1. The van der Waals surface area contributed by atoms with Crippen LogP contribution in [0.25, 0.3) is 0 Å². The van der Waals surface area contributed by atoms with E-state index < -0.39 is 23.2 Å². The molecule has 0 spiro atoms. The second-order valence-corrected chi connectivity index (χ2v) is 4.95. The van der Waals surface area contributed by atoms with Gasteiger partial charge in [0.1, 0.15) is 0 Å². The number of aliphatic hydroxyl groups excluding tert-OH is 1. The summed E-state index contributed by atoms with van der Waals surface area (Å²) in [5, 5.41) is 18.2. The van der Waals surface area contributed by atoms with Crippen molar-refractivity contribution in [1.29, 1.82) is 0 Å². The monoisotopic (exact) mass is 334 g/mol. The fourth-order valence-electron chi connectivity index (χ4n) is 1.61. The molecule has 0 heterocycles. The third-order valence-corrected chi connectivity index (χ3v) is 3.28. The third-order valence-electron chi connectivity index (χ3n) is 2.47. The van der Waals surface area contributed by atoms with Gasteiger partial charge in [-0.3, -0.25) is 4.79 Å². The Morgan fingerprint density at radius 3 is 2.50 bits per heavy atom. The van der Waals surface area contributed by atoms with Gasteiger partial charge in [-0.15, -0.1) is 11.6 Å². The number of rotatable bonds is 5. The lowest BCUT2D eigenvalue weighted by molar-refractivity contribution is -0.147. The van der Waals surface area contributed by atoms with Gasteiger partial charge in [-0.2, -0.15) is 0 Å². The van der Waals surface area contributed by atoms with Crippen LogP contribution in [0.4, 0.5) is 0 Å². The Labute approximate surface area is 118 Å². The van der Waals surface area contributed by atoms with E-state index in [1.807, 2.05) is 0 Å². The first-order chi connectivity index (χ1) is 8.40. The van der Waals surface area contributed by atoms with Crippen LogP contribution in [-0.4, -0.2) is 27.3 Å². The van der Waals surface area contributed by atoms with Crippen molar-refractivity contribution >= 4 is 39.3 Å². The molecule has 0 aliphatic rings. The Hall–Kier alpha value is -0.910. The molecule has 0 fully saturated rings. The van der Waals surface area contributed by atoms with Crippen molar-refractivity contribution in [2.75, 3.05) is 0 Å². The predicted molar refractivity (Wildman–Crippen MR) is 71.3 cm³/mol. The maximum atomic E-state index is 11.9. The summed E-state index contributed by atoms with van der Waals surface area (Å²) in [4.78, 5) is 22.8. The zero-order valence-electron chi connectivity index (χ0n) is 9.56. The maximum Gasteiger partial charge on any atom is 0.337 e. The number of ketones is 1. The smallest absolute Gasteiger partial charge is 0.337 e. The van der Waals surface area contributed by atoms with Crippen molar-refractivity contribution < 1.29 is 19.8 Å². The second kappa shape index (κ2) is 6.31. The van der Waals surface area contributed by atoms with Crippen molar-refractivity contribution in [2.24, 2.45) is 0 Å². The summed E-state index contributed by atoms with van der Waals surface area (Å²) in [7, 11) is 0. The zero-order chi connectivity index (χ0) is 13.9. The summed E-state index contributed by atoms with van der Waals surface area (Å²) in [6.45, 7) is 1.50. The highest BCUT2D eigenvalue weighted by molar-refractivity contribution is 9.08. The fourth-order valence-corrected chi connectivity index (χ4v) is 2.21. The largest absolute Gasteiger partial charge is 0.479 e. The van der Waals surface area contributed by atoms with E-state index in [4.69, 9.17) is 16.7 Å². The van der Waals surface area contributed by atoms with E-state index in [1.54, 1.807) is 12.1 Å². The van der Waals surface area contributed by atoms with Gasteiger partial charge >= 0.3 is 5.97 Å². The Kier molecular flexibility index (Phi) is 5.31. The number of carboxylic acid groups (broad SMARTS) is 1. The van der Waals surface area contributed by atoms with Gasteiger partial charge in [-0.25, -0.2) is 4.79 Å². The lowest BCUT2D eigenvalue weighted by Crippen LogP contribution is -2.20. The summed E-state index contributed by atoms with van der Waals surface area (Å²) < 4.78 is 0. The van der Waals surface area contributed by atoms with Crippen LogP contribution in [-0.2, 0) is 10.1 Å². The fraction of sp³-hybridized carbons (Fsp3) is 0.333. The quantitative estimate of drug-likeness (QED) is 0.640. The lowest BCUT2D eigenvalue weighted by Gasteiger charge is -2.16. The summed E-state index contributed by atoms with van der Waals surface area (Å²) >= 11 is 8.92. The van der Waals surface area contributed by atoms with Crippen LogP contribution in [0.15, 0.2) is 18.2 Å². The van der Waals surface area contributed by atoms with Crippen molar-refractivity contribution in [2.45, 2.75) is 23.7 Å². The van der Waals surface area contributed by atoms with Crippen LogP contribution in [0.3, 0.4) is 0 Å². The van der Waals surface area contributed by atoms with Crippen molar-refractivity contribution in [3.05, 3.63) is 34.9 Å². The highest BCUT2D eigenvalue weighted by Crippen LogP contribution is 2.26. The molecule has 18 heavy (non-hydrogen) atoms. The van der Waals surface area contributed by atoms with Gasteiger partial charge in [0.25, 0.3) is 0 Å². The Morgan fingerprint density at radius 2 is 2.06 bits per heavy atom. The number of hydrogen-bond donors (Lipinski definition) is 2. The van der Waals surface area contributed by atoms with Gasteiger partial charge in [-0.1, -0.05) is 34.1 Å². The van der Waals surface area contributed by atoms with Crippen LogP contribution in [0.2, 0.25) is 0 Å². The molecule has 0 aliphatic carbocycles. The summed E-state index contributed by atoms with van der Waals surface area (Å²) in [6.07, 6.45) is -1.74. The van der Waals surface area contributed by atoms with E-state index >= 15 is 0 Å². The number of halogens is 2. The Morgan fingerprint density at radius 1 is 1.44 bits per heavy atom. The van der Waals surface area contributed by atoms with Crippen LogP contribution >= 0.6 is 27.5 Å². The predicted octanol–water partition coefficient (Wildman–Crippen LogP) is 2.51. The average Bonchev–Trinajstić information content (AvgIpc) is 2.35. The minimum Gasteiger partial charge on any atom is -0.479 e.